The van der Waals surface area contributed by atoms with Crippen LogP contribution in [-0.4, -0.2) is 10.5 Å². The van der Waals surface area contributed by atoms with Crippen LogP contribution in [0.15, 0.2) is 89.5 Å². The van der Waals surface area contributed by atoms with Gasteiger partial charge in [0.2, 0.25) is 0 Å². The second-order valence-corrected chi connectivity index (χ2v) is 7.29. The van der Waals surface area contributed by atoms with Crippen LogP contribution in [0.4, 0.5) is 5.69 Å². The van der Waals surface area contributed by atoms with Crippen LogP contribution in [-0.2, 0) is 6.54 Å². The van der Waals surface area contributed by atoms with E-state index in [1.54, 1.807) is 12.3 Å². The van der Waals surface area contributed by atoms with Crippen molar-refractivity contribution < 1.29 is 9.21 Å². The molecule has 3 aromatic carbocycles. The number of rotatable bonds is 4. The Hall–Kier alpha value is -3.79. The summed E-state index contributed by atoms with van der Waals surface area (Å²) in [7, 11) is 0. The molecule has 2 heterocycles. The van der Waals surface area contributed by atoms with Crippen LogP contribution >= 0.6 is 0 Å². The zero-order chi connectivity index (χ0) is 19.8. The first kappa shape index (κ1) is 17.3. The summed E-state index contributed by atoms with van der Waals surface area (Å²) in [5.74, 6) is -0.154. The van der Waals surface area contributed by atoms with Crippen molar-refractivity contribution in [2.45, 2.75) is 13.5 Å². The predicted octanol–water partition coefficient (Wildman–Crippen LogP) is 6.00. The number of hydrogen-bond acceptors (Lipinski definition) is 2. The molecule has 0 atom stereocenters. The van der Waals surface area contributed by atoms with E-state index in [-0.39, 0.29) is 5.91 Å². The average molecular weight is 380 g/mol. The lowest BCUT2D eigenvalue weighted by atomic mass is 10.1. The van der Waals surface area contributed by atoms with Crippen molar-refractivity contribution in [3.63, 3.8) is 0 Å². The van der Waals surface area contributed by atoms with Gasteiger partial charge < -0.3 is 14.3 Å². The fourth-order valence-corrected chi connectivity index (χ4v) is 3.67. The number of nitrogens with zero attached hydrogens (tertiary/aromatic N) is 1. The average Bonchev–Trinajstić information content (AvgIpc) is 3.32. The van der Waals surface area contributed by atoms with E-state index < -0.39 is 0 Å². The van der Waals surface area contributed by atoms with Crippen molar-refractivity contribution in [2.24, 2.45) is 0 Å². The number of benzene rings is 3. The van der Waals surface area contributed by atoms with E-state index in [2.05, 4.69) is 42.6 Å². The predicted molar refractivity (Wildman–Crippen MR) is 116 cm³/mol. The number of nitrogens with one attached hydrogen (secondary N) is 1. The minimum atomic E-state index is -0.154. The van der Waals surface area contributed by atoms with E-state index in [1.807, 2.05) is 47.0 Å². The van der Waals surface area contributed by atoms with E-state index >= 15 is 0 Å². The maximum absolute atomic E-state index is 13.1. The number of furan rings is 1. The van der Waals surface area contributed by atoms with E-state index in [0.29, 0.717) is 17.8 Å². The van der Waals surface area contributed by atoms with Crippen LogP contribution in [0.1, 0.15) is 21.6 Å². The Kier molecular flexibility index (Phi) is 4.17. The summed E-state index contributed by atoms with van der Waals surface area (Å²) in [5.41, 5.74) is 5.31. The smallest absolute Gasteiger partial charge is 0.272 e. The molecule has 4 nitrogen and oxygen atoms in total. The van der Waals surface area contributed by atoms with Gasteiger partial charge in [-0.1, -0.05) is 60.2 Å². The molecule has 0 fully saturated rings. The molecule has 0 bridgehead atoms. The van der Waals surface area contributed by atoms with Gasteiger partial charge in [0.25, 0.3) is 5.91 Å². The van der Waals surface area contributed by atoms with Crippen LogP contribution in [0.25, 0.3) is 21.9 Å². The van der Waals surface area contributed by atoms with Crippen molar-refractivity contribution in [3.05, 3.63) is 102 Å². The number of carbonyl (C=O) groups is 1. The molecule has 1 amide bonds. The molecular formula is C25H20N2O2. The van der Waals surface area contributed by atoms with Gasteiger partial charge in [0, 0.05) is 24.4 Å². The van der Waals surface area contributed by atoms with Crippen molar-refractivity contribution >= 4 is 33.5 Å². The van der Waals surface area contributed by atoms with Crippen molar-refractivity contribution in [2.75, 3.05) is 5.32 Å². The Morgan fingerprint density at radius 3 is 2.55 bits per heavy atom. The van der Waals surface area contributed by atoms with Gasteiger partial charge in [-0.15, -0.1) is 0 Å². The first-order valence-corrected chi connectivity index (χ1v) is 9.60. The van der Waals surface area contributed by atoms with E-state index in [1.165, 1.54) is 5.56 Å². The Labute approximate surface area is 168 Å². The van der Waals surface area contributed by atoms with Gasteiger partial charge >= 0.3 is 0 Å². The molecule has 2 aromatic heterocycles. The molecular weight excluding hydrogens is 360 g/mol. The van der Waals surface area contributed by atoms with Gasteiger partial charge in [-0.3, -0.25) is 4.79 Å². The largest absolute Gasteiger partial charge is 0.463 e. The van der Waals surface area contributed by atoms with Crippen molar-refractivity contribution in [1.82, 2.24) is 4.57 Å². The summed E-state index contributed by atoms with van der Waals surface area (Å²) in [6, 6.07) is 26.1. The molecule has 1 N–H and O–H groups in total. The van der Waals surface area contributed by atoms with E-state index in [4.69, 9.17) is 4.42 Å². The number of carbonyl (C=O) groups excluding carboxylic acids is 1. The Bertz CT molecular complexity index is 1330. The first-order valence-electron chi connectivity index (χ1n) is 9.60. The summed E-state index contributed by atoms with van der Waals surface area (Å²) in [6.45, 7) is 2.67. The highest BCUT2D eigenvalue weighted by molar-refractivity contribution is 6.06. The van der Waals surface area contributed by atoms with Gasteiger partial charge in [0.15, 0.2) is 5.58 Å². The van der Waals surface area contributed by atoms with Crippen LogP contribution in [0.2, 0.25) is 0 Å². The second-order valence-electron chi connectivity index (χ2n) is 7.29. The number of amides is 1. The lowest BCUT2D eigenvalue weighted by Gasteiger charge is -2.11. The highest BCUT2D eigenvalue weighted by atomic mass is 16.3. The zero-order valence-corrected chi connectivity index (χ0v) is 16.1. The molecule has 0 aliphatic rings. The lowest BCUT2D eigenvalue weighted by Crippen LogP contribution is -2.17. The number of fused-ring (bicyclic) bond motifs is 2. The number of aryl methyl sites for hydroxylation is 1. The standard InChI is InChI=1S/C25H20N2O2/c1-17-6-8-18(9-7-17)16-27-22-12-13-29-24(22)15-23(27)25(28)26-21-11-10-19-4-2-3-5-20(19)14-21/h2-15H,16H2,1H3,(H,26,28). The second kappa shape index (κ2) is 6.99. The van der Waals surface area contributed by atoms with Gasteiger partial charge in [-0.25, -0.2) is 0 Å². The van der Waals surface area contributed by atoms with Crippen LogP contribution in [0, 0.1) is 6.92 Å². The van der Waals surface area contributed by atoms with Gasteiger partial charge in [0.05, 0.1) is 11.8 Å². The molecule has 0 radical (unpaired) electrons. The number of anilines is 1. The third kappa shape index (κ3) is 3.29. The van der Waals surface area contributed by atoms with Crippen LogP contribution < -0.4 is 5.32 Å². The maximum Gasteiger partial charge on any atom is 0.272 e. The summed E-state index contributed by atoms with van der Waals surface area (Å²) < 4.78 is 7.55. The van der Waals surface area contributed by atoms with Gasteiger partial charge in [-0.2, -0.15) is 0 Å². The van der Waals surface area contributed by atoms with Crippen LogP contribution in [0.5, 0.6) is 0 Å². The Balaban J connectivity index is 1.49. The van der Waals surface area contributed by atoms with Gasteiger partial charge in [-0.05, 0) is 35.4 Å². The molecule has 142 valence electrons. The maximum atomic E-state index is 13.1. The fraction of sp³-hybridized carbons (Fsp3) is 0.0800. The normalized spacial score (nSPS) is 11.2. The molecule has 0 saturated heterocycles. The van der Waals surface area contributed by atoms with Crippen molar-refractivity contribution in [3.8, 4) is 0 Å². The highest BCUT2D eigenvalue weighted by Gasteiger charge is 2.18. The molecule has 0 unspecified atom stereocenters. The molecule has 0 saturated carbocycles. The Morgan fingerprint density at radius 2 is 1.72 bits per heavy atom. The minimum Gasteiger partial charge on any atom is -0.463 e. The number of hydrogen-bond donors (Lipinski definition) is 1. The third-order valence-corrected chi connectivity index (χ3v) is 5.22. The first-order chi connectivity index (χ1) is 14.2. The van der Waals surface area contributed by atoms with E-state index in [9.17, 15) is 4.79 Å². The molecule has 5 rings (SSSR count). The highest BCUT2D eigenvalue weighted by Crippen LogP contribution is 2.25. The van der Waals surface area contributed by atoms with Crippen molar-refractivity contribution in [1.29, 1.82) is 0 Å². The topological polar surface area (TPSA) is 47.2 Å². The fourth-order valence-electron chi connectivity index (χ4n) is 3.67. The minimum absolute atomic E-state index is 0.154. The lowest BCUT2D eigenvalue weighted by molar-refractivity contribution is 0.101. The van der Waals surface area contributed by atoms with Crippen LogP contribution in [0.3, 0.4) is 0 Å². The molecule has 0 spiro atoms. The monoisotopic (exact) mass is 380 g/mol. The summed E-state index contributed by atoms with van der Waals surface area (Å²) >= 11 is 0. The molecule has 0 aliphatic carbocycles. The molecule has 4 heteroatoms. The molecule has 29 heavy (non-hydrogen) atoms. The molecule has 5 aromatic rings. The molecule has 0 aliphatic heterocycles. The summed E-state index contributed by atoms with van der Waals surface area (Å²) in [5, 5.41) is 5.27. The summed E-state index contributed by atoms with van der Waals surface area (Å²) in [6.07, 6.45) is 1.65. The van der Waals surface area contributed by atoms with E-state index in [0.717, 1.165) is 27.5 Å². The van der Waals surface area contributed by atoms with Gasteiger partial charge in [0.1, 0.15) is 5.69 Å². The Morgan fingerprint density at radius 1 is 0.931 bits per heavy atom. The number of aromatic nitrogens is 1. The summed E-state index contributed by atoms with van der Waals surface area (Å²) in [4.78, 5) is 13.1. The third-order valence-electron chi connectivity index (χ3n) is 5.22. The SMILES string of the molecule is Cc1ccc(Cn2c(C(=O)Nc3ccc4ccccc4c3)cc3occc32)cc1. The zero-order valence-electron chi connectivity index (χ0n) is 16.1. The quantitative estimate of drug-likeness (QED) is 0.416.